The summed E-state index contributed by atoms with van der Waals surface area (Å²) in [5.41, 5.74) is 1.45. The van der Waals surface area contributed by atoms with E-state index in [4.69, 9.17) is 0 Å². The van der Waals surface area contributed by atoms with Crippen molar-refractivity contribution in [2.45, 2.75) is 20.3 Å². The quantitative estimate of drug-likeness (QED) is 0.675. The molecule has 3 rings (SSSR count). The number of nitrogens with zero attached hydrogens (tertiary/aromatic N) is 4. The lowest BCUT2D eigenvalue weighted by atomic mass is 10.3. The molecular weight excluding hydrogens is 310 g/mol. The van der Waals surface area contributed by atoms with Crippen LogP contribution in [0.3, 0.4) is 0 Å². The van der Waals surface area contributed by atoms with Crippen LogP contribution in [0.2, 0.25) is 0 Å². The average Bonchev–Trinajstić information content (AvgIpc) is 3.15. The summed E-state index contributed by atoms with van der Waals surface area (Å²) in [6, 6.07) is 3.70. The molecule has 3 heterocycles. The van der Waals surface area contributed by atoms with Crippen LogP contribution >= 0.6 is 11.3 Å². The smallest absolute Gasteiger partial charge is 0.269 e. The van der Waals surface area contributed by atoms with E-state index in [9.17, 15) is 4.79 Å². The van der Waals surface area contributed by atoms with Gasteiger partial charge in [0.2, 0.25) is 0 Å². The summed E-state index contributed by atoms with van der Waals surface area (Å²) >= 11 is 1.49. The molecule has 122 valence electrons. The van der Waals surface area contributed by atoms with Crippen molar-refractivity contribution in [3.05, 3.63) is 30.2 Å². The lowest BCUT2D eigenvalue weighted by Crippen LogP contribution is -2.30. The van der Waals surface area contributed by atoms with E-state index in [2.05, 4.69) is 34.0 Å². The van der Waals surface area contributed by atoms with Gasteiger partial charge in [-0.05, 0) is 38.2 Å². The highest BCUT2D eigenvalue weighted by Crippen LogP contribution is 2.23. The Morgan fingerprint density at radius 1 is 1.35 bits per heavy atom. The fraction of sp³-hybridized carbons (Fsp3) is 0.438. The normalized spacial score (nSPS) is 11.6. The first kappa shape index (κ1) is 15.9. The van der Waals surface area contributed by atoms with Gasteiger partial charge in [-0.15, -0.1) is 0 Å². The molecule has 3 aromatic heterocycles. The van der Waals surface area contributed by atoms with Crippen LogP contribution in [0.1, 0.15) is 30.8 Å². The van der Waals surface area contributed by atoms with Crippen molar-refractivity contribution in [3.63, 3.8) is 0 Å². The van der Waals surface area contributed by atoms with Gasteiger partial charge in [-0.2, -0.15) is 0 Å². The molecule has 1 amide bonds. The van der Waals surface area contributed by atoms with Crippen LogP contribution in [0.25, 0.3) is 15.3 Å². The second-order valence-corrected chi connectivity index (χ2v) is 6.29. The highest BCUT2D eigenvalue weighted by Gasteiger charge is 2.11. The van der Waals surface area contributed by atoms with E-state index in [1.165, 1.54) is 11.3 Å². The summed E-state index contributed by atoms with van der Waals surface area (Å²) in [4.78, 5) is 25.0. The van der Waals surface area contributed by atoms with Crippen molar-refractivity contribution in [2.75, 3.05) is 26.2 Å². The second kappa shape index (κ2) is 7.06. The van der Waals surface area contributed by atoms with E-state index >= 15 is 0 Å². The number of aromatic nitrogens is 3. The number of carbonyl (C=O) groups is 1. The van der Waals surface area contributed by atoms with E-state index in [1.807, 2.05) is 16.7 Å². The van der Waals surface area contributed by atoms with Gasteiger partial charge in [0.05, 0.1) is 5.52 Å². The SMILES string of the molecule is CCN(CC)CCCNC(=O)c1ccc2c(n1)sc1nccn12. The molecule has 3 aromatic rings. The Morgan fingerprint density at radius 2 is 2.17 bits per heavy atom. The van der Waals surface area contributed by atoms with Crippen molar-refractivity contribution in [1.29, 1.82) is 0 Å². The first-order chi connectivity index (χ1) is 11.2. The minimum absolute atomic E-state index is 0.113. The molecule has 0 saturated heterocycles. The molecule has 7 heteroatoms. The number of imidazole rings is 1. The van der Waals surface area contributed by atoms with E-state index in [-0.39, 0.29) is 5.91 Å². The molecule has 6 nitrogen and oxygen atoms in total. The first-order valence-corrected chi connectivity index (χ1v) is 8.77. The number of pyridine rings is 1. The maximum Gasteiger partial charge on any atom is 0.269 e. The summed E-state index contributed by atoms with van der Waals surface area (Å²) < 4.78 is 1.98. The Morgan fingerprint density at radius 3 is 2.96 bits per heavy atom. The molecule has 0 fully saturated rings. The maximum absolute atomic E-state index is 12.2. The lowest BCUT2D eigenvalue weighted by Gasteiger charge is -2.17. The Hall–Kier alpha value is -1.99. The zero-order valence-corrected chi connectivity index (χ0v) is 14.3. The number of carbonyl (C=O) groups excluding carboxylic acids is 1. The third-order valence-corrected chi connectivity index (χ3v) is 4.94. The van der Waals surface area contributed by atoms with E-state index in [0.717, 1.165) is 41.4 Å². The third kappa shape index (κ3) is 3.35. The summed E-state index contributed by atoms with van der Waals surface area (Å²) in [5.74, 6) is -0.113. The van der Waals surface area contributed by atoms with Gasteiger partial charge in [0.15, 0.2) is 4.96 Å². The van der Waals surface area contributed by atoms with Gasteiger partial charge < -0.3 is 10.2 Å². The number of hydrogen-bond donors (Lipinski definition) is 1. The zero-order chi connectivity index (χ0) is 16.2. The van der Waals surface area contributed by atoms with Crippen molar-refractivity contribution in [3.8, 4) is 0 Å². The average molecular weight is 331 g/mol. The predicted molar refractivity (Wildman–Crippen MR) is 93.1 cm³/mol. The summed E-state index contributed by atoms with van der Waals surface area (Å²) in [7, 11) is 0. The van der Waals surface area contributed by atoms with Gasteiger partial charge in [0.25, 0.3) is 5.91 Å². The van der Waals surface area contributed by atoms with Gasteiger partial charge in [-0.3, -0.25) is 9.20 Å². The van der Waals surface area contributed by atoms with Crippen LogP contribution in [0.5, 0.6) is 0 Å². The molecule has 0 radical (unpaired) electrons. The number of hydrogen-bond acceptors (Lipinski definition) is 5. The minimum atomic E-state index is -0.113. The fourth-order valence-corrected chi connectivity index (χ4v) is 3.55. The Balaban J connectivity index is 1.62. The molecule has 0 bridgehead atoms. The van der Waals surface area contributed by atoms with Crippen LogP contribution in [0.15, 0.2) is 24.5 Å². The van der Waals surface area contributed by atoms with Gasteiger partial charge in [0, 0.05) is 18.9 Å². The second-order valence-electron chi connectivity index (χ2n) is 5.34. The third-order valence-electron chi connectivity index (χ3n) is 3.96. The minimum Gasteiger partial charge on any atom is -0.351 e. The standard InChI is InChI=1S/C16H21N5OS/c1-3-20(4-2)10-5-8-17-14(22)12-6-7-13-15(19-12)23-16-18-9-11-21(13)16/h6-7,9,11H,3-5,8,10H2,1-2H3,(H,17,22). The van der Waals surface area contributed by atoms with Gasteiger partial charge in [-0.1, -0.05) is 25.2 Å². The molecule has 0 aromatic carbocycles. The molecule has 0 aliphatic carbocycles. The van der Waals surface area contributed by atoms with E-state index < -0.39 is 0 Å². The molecule has 0 aliphatic rings. The molecule has 0 spiro atoms. The fourth-order valence-electron chi connectivity index (χ4n) is 2.59. The molecule has 0 unspecified atom stereocenters. The molecular formula is C16H21N5OS. The molecule has 23 heavy (non-hydrogen) atoms. The van der Waals surface area contributed by atoms with Crippen LogP contribution in [-0.2, 0) is 0 Å². The van der Waals surface area contributed by atoms with Crippen molar-refractivity contribution < 1.29 is 4.79 Å². The van der Waals surface area contributed by atoms with Crippen molar-refractivity contribution in [1.82, 2.24) is 24.6 Å². The van der Waals surface area contributed by atoms with Gasteiger partial charge in [-0.25, -0.2) is 9.97 Å². The monoisotopic (exact) mass is 331 g/mol. The van der Waals surface area contributed by atoms with Crippen LogP contribution in [-0.4, -0.2) is 51.4 Å². The largest absolute Gasteiger partial charge is 0.351 e. The number of fused-ring (bicyclic) bond motifs is 3. The molecule has 0 saturated carbocycles. The molecule has 0 aliphatic heterocycles. The van der Waals surface area contributed by atoms with E-state index in [1.54, 1.807) is 12.3 Å². The van der Waals surface area contributed by atoms with Crippen LogP contribution < -0.4 is 5.32 Å². The van der Waals surface area contributed by atoms with Crippen LogP contribution in [0, 0.1) is 0 Å². The zero-order valence-electron chi connectivity index (χ0n) is 13.5. The highest BCUT2D eigenvalue weighted by atomic mass is 32.1. The first-order valence-electron chi connectivity index (χ1n) is 7.96. The number of thiazole rings is 1. The summed E-state index contributed by atoms with van der Waals surface area (Å²) in [6.07, 6.45) is 4.62. The summed E-state index contributed by atoms with van der Waals surface area (Å²) in [6.45, 7) is 8.06. The number of rotatable bonds is 7. The maximum atomic E-state index is 12.2. The topological polar surface area (TPSA) is 62.5 Å². The predicted octanol–water partition coefficient (Wildman–Crippen LogP) is 2.41. The number of amides is 1. The van der Waals surface area contributed by atoms with Gasteiger partial charge in [0.1, 0.15) is 10.5 Å². The molecule has 1 N–H and O–H groups in total. The van der Waals surface area contributed by atoms with E-state index in [0.29, 0.717) is 12.2 Å². The lowest BCUT2D eigenvalue weighted by molar-refractivity contribution is 0.0947. The highest BCUT2D eigenvalue weighted by molar-refractivity contribution is 7.23. The van der Waals surface area contributed by atoms with Crippen molar-refractivity contribution >= 4 is 32.6 Å². The Bertz CT molecular complexity index is 805. The van der Waals surface area contributed by atoms with Gasteiger partial charge >= 0.3 is 0 Å². The molecule has 0 atom stereocenters. The summed E-state index contributed by atoms with van der Waals surface area (Å²) in [5, 5.41) is 2.95. The van der Waals surface area contributed by atoms with Crippen LogP contribution in [0.4, 0.5) is 0 Å². The Kier molecular flexibility index (Phi) is 4.88. The number of nitrogens with one attached hydrogen (secondary N) is 1. The van der Waals surface area contributed by atoms with Crippen molar-refractivity contribution in [2.24, 2.45) is 0 Å². The Labute approximate surface area is 139 Å².